The molecule has 3 rings (SSSR count). The lowest BCUT2D eigenvalue weighted by Gasteiger charge is -2.31. The lowest BCUT2D eigenvalue weighted by atomic mass is 10.0. The number of anilines is 1. The van der Waals surface area contributed by atoms with E-state index in [1.807, 2.05) is 6.07 Å². The highest BCUT2D eigenvalue weighted by molar-refractivity contribution is 6.32. The van der Waals surface area contributed by atoms with E-state index in [1.54, 1.807) is 6.07 Å². The number of para-hydroxylation sites is 1. The molecule has 2 aromatic carbocycles. The third kappa shape index (κ3) is 2.79. The van der Waals surface area contributed by atoms with Gasteiger partial charge in [0.1, 0.15) is 0 Å². The zero-order valence-corrected chi connectivity index (χ0v) is 12.7. The highest BCUT2D eigenvalue weighted by atomic mass is 35.5. The van der Waals surface area contributed by atoms with E-state index in [1.165, 1.54) is 18.4 Å². The van der Waals surface area contributed by atoms with Crippen LogP contribution in [0.3, 0.4) is 0 Å². The molecule has 0 fully saturated rings. The van der Waals surface area contributed by atoms with Gasteiger partial charge < -0.3 is 14.7 Å². The molecule has 3 nitrogen and oxygen atoms in total. The van der Waals surface area contributed by atoms with Gasteiger partial charge >= 0.3 is 0 Å². The van der Waals surface area contributed by atoms with Crippen LogP contribution in [-0.4, -0.2) is 18.8 Å². The first-order chi connectivity index (χ1) is 10.2. The van der Waals surface area contributed by atoms with Gasteiger partial charge in [-0.2, -0.15) is 0 Å². The summed E-state index contributed by atoms with van der Waals surface area (Å²) in [6, 6.07) is 12.2. The molecule has 21 heavy (non-hydrogen) atoms. The minimum atomic E-state index is 0.00182. The topological polar surface area (TPSA) is 32.7 Å². The average molecular weight is 304 g/mol. The number of halogens is 1. The summed E-state index contributed by atoms with van der Waals surface area (Å²) in [7, 11) is 1.53. The quantitative estimate of drug-likeness (QED) is 0.930. The molecule has 1 heterocycles. The zero-order chi connectivity index (χ0) is 14.8. The highest BCUT2D eigenvalue weighted by Crippen LogP contribution is 2.36. The second-order valence-corrected chi connectivity index (χ2v) is 5.69. The first-order valence-corrected chi connectivity index (χ1v) is 7.45. The van der Waals surface area contributed by atoms with Crippen molar-refractivity contribution in [1.29, 1.82) is 0 Å². The largest absolute Gasteiger partial charge is 0.503 e. The van der Waals surface area contributed by atoms with Crippen LogP contribution in [-0.2, 0) is 13.0 Å². The monoisotopic (exact) mass is 303 g/mol. The Bertz CT molecular complexity index is 657. The van der Waals surface area contributed by atoms with Crippen molar-refractivity contribution in [1.82, 2.24) is 0 Å². The number of rotatable bonds is 3. The van der Waals surface area contributed by atoms with Crippen LogP contribution in [0.15, 0.2) is 36.4 Å². The Hall–Kier alpha value is -1.87. The number of hydrogen-bond acceptors (Lipinski definition) is 3. The Morgan fingerprint density at radius 3 is 2.90 bits per heavy atom. The standard InChI is InChI=1S/C17H18ClNO2/c1-21-16-10-12(9-14(18)17(16)20)11-19-8-4-6-13-5-2-3-7-15(13)19/h2-3,5,7,9-10,20H,4,6,8,11H2,1H3. The Balaban J connectivity index is 1.90. The molecule has 0 saturated heterocycles. The highest BCUT2D eigenvalue weighted by Gasteiger charge is 2.17. The maximum atomic E-state index is 9.82. The summed E-state index contributed by atoms with van der Waals surface area (Å²) in [6.07, 6.45) is 2.28. The molecule has 0 amide bonds. The van der Waals surface area contributed by atoms with Gasteiger partial charge in [-0.05, 0) is 42.2 Å². The number of hydrogen-bond donors (Lipinski definition) is 1. The minimum Gasteiger partial charge on any atom is -0.503 e. The second-order valence-electron chi connectivity index (χ2n) is 5.28. The summed E-state index contributed by atoms with van der Waals surface area (Å²) in [6.45, 7) is 1.78. The lowest BCUT2D eigenvalue weighted by molar-refractivity contribution is 0.373. The number of benzene rings is 2. The summed E-state index contributed by atoms with van der Waals surface area (Å²) >= 11 is 6.07. The van der Waals surface area contributed by atoms with Gasteiger partial charge in [-0.3, -0.25) is 0 Å². The number of aromatic hydroxyl groups is 1. The Morgan fingerprint density at radius 2 is 2.10 bits per heavy atom. The molecule has 0 bridgehead atoms. The first kappa shape index (κ1) is 14.1. The van der Waals surface area contributed by atoms with E-state index < -0.39 is 0 Å². The normalized spacial score (nSPS) is 13.9. The van der Waals surface area contributed by atoms with E-state index in [0.29, 0.717) is 10.8 Å². The van der Waals surface area contributed by atoms with Gasteiger partial charge in [0, 0.05) is 18.8 Å². The van der Waals surface area contributed by atoms with Crippen molar-refractivity contribution in [2.75, 3.05) is 18.6 Å². The summed E-state index contributed by atoms with van der Waals surface area (Å²) in [5.41, 5.74) is 3.71. The van der Waals surface area contributed by atoms with Crippen LogP contribution in [0.2, 0.25) is 5.02 Å². The van der Waals surface area contributed by atoms with Gasteiger partial charge in [-0.15, -0.1) is 0 Å². The molecule has 1 N–H and O–H groups in total. The molecule has 4 heteroatoms. The van der Waals surface area contributed by atoms with Gasteiger partial charge in [0.2, 0.25) is 0 Å². The fourth-order valence-corrected chi connectivity index (χ4v) is 3.10. The number of nitrogens with zero attached hydrogens (tertiary/aromatic N) is 1. The Labute approximate surface area is 129 Å². The van der Waals surface area contributed by atoms with Gasteiger partial charge in [0.05, 0.1) is 12.1 Å². The average Bonchev–Trinajstić information content (AvgIpc) is 2.51. The number of fused-ring (bicyclic) bond motifs is 1. The molecule has 1 aliphatic heterocycles. The molecule has 0 unspecified atom stereocenters. The van der Waals surface area contributed by atoms with Crippen LogP contribution >= 0.6 is 11.6 Å². The minimum absolute atomic E-state index is 0.00182. The fraction of sp³-hybridized carbons (Fsp3) is 0.294. The van der Waals surface area contributed by atoms with Crippen molar-refractivity contribution in [3.63, 3.8) is 0 Å². The van der Waals surface area contributed by atoms with E-state index in [2.05, 4.69) is 29.2 Å². The second kappa shape index (κ2) is 5.86. The summed E-state index contributed by atoms with van der Waals surface area (Å²) < 4.78 is 5.17. The van der Waals surface area contributed by atoms with E-state index in [9.17, 15) is 5.11 Å². The van der Waals surface area contributed by atoms with Crippen LogP contribution in [0.25, 0.3) is 0 Å². The Kier molecular flexibility index (Phi) is 3.93. The lowest BCUT2D eigenvalue weighted by Crippen LogP contribution is -2.28. The van der Waals surface area contributed by atoms with E-state index in [4.69, 9.17) is 16.3 Å². The van der Waals surface area contributed by atoms with Crippen LogP contribution < -0.4 is 9.64 Å². The maximum Gasteiger partial charge on any atom is 0.176 e. The molecule has 2 aromatic rings. The van der Waals surface area contributed by atoms with Gasteiger partial charge in [-0.1, -0.05) is 29.8 Å². The zero-order valence-electron chi connectivity index (χ0n) is 12.0. The summed E-state index contributed by atoms with van der Waals surface area (Å²) in [4.78, 5) is 2.35. The molecular weight excluding hydrogens is 286 g/mol. The molecule has 0 spiro atoms. The van der Waals surface area contributed by atoms with Crippen molar-refractivity contribution in [3.8, 4) is 11.5 Å². The third-order valence-corrected chi connectivity index (χ3v) is 4.18. The van der Waals surface area contributed by atoms with Crippen molar-refractivity contribution < 1.29 is 9.84 Å². The fourth-order valence-electron chi connectivity index (χ4n) is 2.87. The molecule has 110 valence electrons. The molecule has 0 aromatic heterocycles. The molecule has 0 atom stereocenters. The van der Waals surface area contributed by atoms with E-state index in [0.717, 1.165) is 31.5 Å². The molecule has 0 saturated carbocycles. The van der Waals surface area contributed by atoms with Crippen LogP contribution in [0.4, 0.5) is 5.69 Å². The first-order valence-electron chi connectivity index (χ1n) is 7.07. The number of phenols is 1. The van der Waals surface area contributed by atoms with Crippen molar-refractivity contribution in [3.05, 3.63) is 52.5 Å². The number of ether oxygens (including phenoxy) is 1. The SMILES string of the molecule is COc1cc(CN2CCCc3ccccc32)cc(Cl)c1O. The Morgan fingerprint density at radius 1 is 1.29 bits per heavy atom. The molecule has 1 aliphatic rings. The maximum absolute atomic E-state index is 9.82. The van der Waals surface area contributed by atoms with Gasteiger partial charge in [-0.25, -0.2) is 0 Å². The summed E-state index contributed by atoms with van der Waals surface area (Å²) in [5, 5.41) is 10.1. The van der Waals surface area contributed by atoms with E-state index in [-0.39, 0.29) is 5.75 Å². The number of aryl methyl sites for hydroxylation is 1. The predicted octanol–water partition coefficient (Wildman–Crippen LogP) is 4.01. The number of methoxy groups -OCH3 is 1. The van der Waals surface area contributed by atoms with Gasteiger partial charge in [0.25, 0.3) is 0 Å². The van der Waals surface area contributed by atoms with Crippen LogP contribution in [0, 0.1) is 0 Å². The third-order valence-electron chi connectivity index (χ3n) is 3.89. The molecule has 0 radical (unpaired) electrons. The smallest absolute Gasteiger partial charge is 0.176 e. The van der Waals surface area contributed by atoms with Crippen molar-refractivity contribution >= 4 is 17.3 Å². The van der Waals surface area contributed by atoms with Crippen molar-refractivity contribution in [2.45, 2.75) is 19.4 Å². The van der Waals surface area contributed by atoms with Crippen LogP contribution in [0.1, 0.15) is 17.5 Å². The van der Waals surface area contributed by atoms with Gasteiger partial charge in [0.15, 0.2) is 11.5 Å². The van der Waals surface area contributed by atoms with Crippen molar-refractivity contribution in [2.24, 2.45) is 0 Å². The number of phenolic OH excluding ortho intramolecular Hbond substituents is 1. The predicted molar refractivity (Wildman–Crippen MR) is 85.5 cm³/mol. The molecular formula is C17H18ClNO2. The molecule has 0 aliphatic carbocycles. The summed E-state index contributed by atoms with van der Waals surface area (Å²) in [5.74, 6) is 0.421. The van der Waals surface area contributed by atoms with E-state index >= 15 is 0 Å². The van der Waals surface area contributed by atoms with Crippen LogP contribution in [0.5, 0.6) is 11.5 Å².